The molecule has 0 saturated heterocycles. The minimum absolute atomic E-state index is 0.193. The van der Waals surface area contributed by atoms with Crippen LogP contribution in [0.25, 0.3) is 5.82 Å². The third kappa shape index (κ3) is 3.13. The number of hydrogen-bond acceptors (Lipinski definition) is 4. The Labute approximate surface area is 127 Å². The van der Waals surface area contributed by atoms with E-state index in [-0.39, 0.29) is 11.6 Å². The third-order valence-electron chi connectivity index (χ3n) is 2.67. The lowest BCUT2D eigenvalue weighted by Crippen LogP contribution is -2.27. The van der Waals surface area contributed by atoms with E-state index in [1.54, 1.807) is 16.8 Å². The first-order valence-electron chi connectivity index (χ1n) is 6.12. The van der Waals surface area contributed by atoms with Crippen LogP contribution >= 0.6 is 24.2 Å². The number of carbonyl (C=O) groups is 1. The molecular weight excluding hydrogens is 296 g/mol. The maximum Gasteiger partial charge on any atom is 0.271 e. The number of nitrogens with one attached hydrogen (secondary N) is 1. The number of thiol groups is 1. The summed E-state index contributed by atoms with van der Waals surface area (Å²) in [5.74, 6) is 0.809. The number of halogens is 1. The zero-order chi connectivity index (χ0) is 14.7. The van der Waals surface area contributed by atoms with Crippen molar-refractivity contribution < 1.29 is 4.79 Å². The lowest BCUT2D eigenvalue weighted by Gasteiger charge is -2.08. The Morgan fingerprint density at radius 3 is 2.80 bits per heavy atom. The van der Waals surface area contributed by atoms with E-state index in [9.17, 15) is 4.79 Å². The normalized spacial score (nSPS) is 10.6. The Morgan fingerprint density at radius 1 is 1.45 bits per heavy atom. The molecule has 0 radical (unpaired) electrons. The van der Waals surface area contributed by atoms with Crippen LogP contribution in [0.5, 0.6) is 0 Å². The van der Waals surface area contributed by atoms with Gasteiger partial charge in [-0.05, 0) is 32.0 Å². The number of hydrogen-bond donors (Lipinski definition) is 2. The lowest BCUT2D eigenvalue weighted by molar-refractivity contribution is 0.0951. The molecule has 1 N–H and O–H groups in total. The highest BCUT2D eigenvalue weighted by Crippen LogP contribution is 2.17. The van der Waals surface area contributed by atoms with Gasteiger partial charge in [-0.2, -0.15) is 17.7 Å². The molecule has 0 fully saturated rings. The summed E-state index contributed by atoms with van der Waals surface area (Å²) >= 11 is 10.1. The number of aromatic nitrogens is 3. The van der Waals surface area contributed by atoms with Gasteiger partial charge in [-0.15, -0.1) is 0 Å². The van der Waals surface area contributed by atoms with Gasteiger partial charge in [-0.3, -0.25) is 4.79 Å². The molecule has 2 aromatic heterocycles. The van der Waals surface area contributed by atoms with Gasteiger partial charge in [0.15, 0.2) is 5.82 Å². The van der Waals surface area contributed by atoms with Gasteiger partial charge in [0.05, 0.1) is 10.7 Å². The molecule has 5 nitrogen and oxygen atoms in total. The minimum atomic E-state index is -0.313. The van der Waals surface area contributed by atoms with E-state index < -0.39 is 0 Å². The number of carbonyl (C=O) groups excluding carboxylic acids is 1. The quantitative estimate of drug-likeness (QED) is 0.851. The summed E-state index contributed by atoms with van der Waals surface area (Å²) in [5.41, 5.74) is 2.03. The highest BCUT2D eigenvalue weighted by atomic mass is 35.5. The lowest BCUT2D eigenvalue weighted by atomic mass is 10.3. The first kappa shape index (κ1) is 14.9. The predicted octanol–water partition coefficient (Wildman–Crippen LogP) is 2.20. The molecule has 2 aromatic rings. The third-order valence-corrected chi connectivity index (χ3v) is 3.20. The fourth-order valence-electron chi connectivity index (χ4n) is 1.82. The maximum absolute atomic E-state index is 12.0. The Kier molecular flexibility index (Phi) is 4.67. The van der Waals surface area contributed by atoms with Crippen LogP contribution in [-0.4, -0.2) is 33.0 Å². The molecule has 2 heterocycles. The van der Waals surface area contributed by atoms with Crippen LogP contribution in [0.4, 0.5) is 0 Å². The second-order valence-corrected chi connectivity index (χ2v) is 5.17. The van der Waals surface area contributed by atoms with Gasteiger partial charge in [0.25, 0.3) is 5.91 Å². The molecule has 106 valence electrons. The molecular formula is C13H15ClN4OS. The summed E-state index contributed by atoms with van der Waals surface area (Å²) in [4.78, 5) is 16.3. The van der Waals surface area contributed by atoms with E-state index in [1.807, 2.05) is 19.9 Å². The second kappa shape index (κ2) is 6.28. The molecule has 20 heavy (non-hydrogen) atoms. The van der Waals surface area contributed by atoms with Crippen LogP contribution in [0.1, 0.15) is 21.9 Å². The van der Waals surface area contributed by atoms with Gasteiger partial charge in [0, 0.05) is 18.0 Å². The van der Waals surface area contributed by atoms with Crippen LogP contribution in [0.15, 0.2) is 18.2 Å². The number of amides is 1. The van der Waals surface area contributed by atoms with Crippen molar-refractivity contribution in [2.45, 2.75) is 13.8 Å². The van der Waals surface area contributed by atoms with Gasteiger partial charge < -0.3 is 5.32 Å². The summed E-state index contributed by atoms with van der Waals surface area (Å²) in [6.07, 6.45) is 0. The average molecular weight is 311 g/mol. The van der Waals surface area contributed by atoms with Crippen LogP contribution in [0, 0.1) is 13.8 Å². The van der Waals surface area contributed by atoms with Gasteiger partial charge in [0.2, 0.25) is 0 Å². The van der Waals surface area contributed by atoms with E-state index in [2.05, 4.69) is 28.0 Å². The van der Waals surface area contributed by atoms with E-state index in [0.717, 1.165) is 11.4 Å². The van der Waals surface area contributed by atoms with Crippen LogP contribution < -0.4 is 5.32 Å². The Morgan fingerprint density at radius 2 is 2.20 bits per heavy atom. The highest BCUT2D eigenvalue weighted by molar-refractivity contribution is 7.80. The number of aryl methyl sites for hydroxylation is 2. The number of nitrogens with zero attached hydrogens (tertiary/aromatic N) is 3. The van der Waals surface area contributed by atoms with Crippen molar-refractivity contribution in [3.8, 4) is 5.82 Å². The molecule has 0 saturated carbocycles. The SMILES string of the molecule is Cc1cc(C)n(-c2ccc(Cl)c(C(=O)NCCS)n2)n1. The van der Waals surface area contributed by atoms with Gasteiger partial charge in [0.1, 0.15) is 5.69 Å². The van der Waals surface area contributed by atoms with Crippen LogP contribution in [0.3, 0.4) is 0 Å². The minimum Gasteiger partial charge on any atom is -0.350 e. The fourth-order valence-corrected chi connectivity index (χ4v) is 2.13. The van der Waals surface area contributed by atoms with Crippen molar-refractivity contribution in [2.75, 3.05) is 12.3 Å². The smallest absolute Gasteiger partial charge is 0.271 e. The number of pyridine rings is 1. The van der Waals surface area contributed by atoms with Gasteiger partial charge >= 0.3 is 0 Å². The van der Waals surface area contributed by atoms with E-state index in [0.29, 0.717) is 23.1 Å². The van der Waals surface area contributed by atoms with Gasteiger partial charge in [-0.25, -0.2) is 9.67 Å². The molecule has 7 heteroatoms. The standard InChI is InChI=1S/C13H15ClN4OS/c1-8-7-9(2)18(17-8)11-4-3-10(14)12(16-11)13(19)15-5-6-20/h3-4,7,20H,5-6H2,1-2H3,(H,15,19). The maximum atomic E-state index is 12.0. The molecule has 0 aliphatic carbocycles. The highest BCUT2D eigenvalue weighted by Gasteiger charge is 2.14. The molecule has 2 rings (SSSR count). The van der Waals surface area contributed by atoms with Crippen molar-refractivity contribution in [1.29, 1.82) is 0 Å². The predicted molar refractivity (Wildman–Crippen MR) is 82.0 cm³/mol. The van der Waals surface area contributed by atoms with E-state index in [1.165, 1.54) is 0 Å². The topological polar surface area (TPSA) is 59.8 Å². The number of rotatable bonds is 4. The summed E-state index contributed by atoms with van der Waals surface area (Å²) in [6, 6.07) is 5.32. The van der Waals surface area contributed by atoms with E-state index in [4.69, 9.17) is 11.6 Å². The summed E-state index contributed by atoms with van der Waals surface area (Å²) in [5, 5.41) is 7.35. The monoisotopic (exact) mass is 310 g/mol. The molecule has 1 amide bonds. The summed E-state index contributed by atoms with van der Waals surface area (Å²) in [7, 11) is 0. The Hall–Kier alpha value is -1.53. The van der Waals surface area contributed by atoms with Gasteiger partial charge in [-0.1, -0.05) is 11.6 Å². The first-order chi connectivity index (χ1) is 9.52. The summed E-state index contributed by atoms with van der Waals surface area (Å²) < 4.78 is 1.68. The summed E-state index contributed by atoms with van der Waals surface area (Å²) in [6.45, 7) is 4.29. The molecule has 0 aliphatic heterocycles. The van der Waals surface area contributed by atoms with Crippen molar-refractivity contribution in [3.63, 3.8) is 0 Å². The molecule has 0 aliphatic rings. The van der Waals surface area contributed by atoms with Crippen molar-refractivity contribution >= 4 is 30.1 Å². The zero-order valence-electron chi connectivity index (χ0n) is 11.2. The average Bonchev–Trinajstić information content (AvgIpc) is 2.75. The molecule has 0 spiro atoms. The fraction of sp³-hybridized carbons (Fsp3) is 0.308. The van der Waals surface area contributed by atoms with Crippen molar-refractivity contribution in [1.82, 2.24) is 20.1 Å². The molecule has 0 unspecified atom stereocenters. The van der Waals surface area contributed by atoms with E-state index >= 15 is 0 Å². The first-order valence-corrected chi connectivity index (χ1v) is 7.13. The van der Waals surface area contributed by atoms with Crippen LogP contribution in [-0.2, 0) is 0 Å². The van der Waals surface area contributed by atoms with Crippen LogP contribution in [0.2, 0.25) is 5.02 Å². The molecule has 0 bridgehead atoms. The largest absolute Gasteiger partial charge is 0.350 e. The Bertz CT molecular complexity index is 641. The van der Waals surface area contributed by atoms with Crippen molar-refractivity contribution in [2.24, 2.45) is 0 Å². The molecule has 0 atom stereocenters. The second-order valence-electron chi connectivity index (χ2n) is 4.32. The van der Waals surface area contributed by atoms with Crippen molar-refractivity contribution in [3.05, 3.63) is 40.3 Å². The zero-order valence-corrected chi connectivity index (χ0v) is 12.9. The Balaban J connectivity index is 2.38. The molecule has 0 aromatic carbocycles.